The van der Waals surface area contributed by atoms with Gasteiger partial charge in [0.15, 0.2) is 0 Å². The van der Waals surface area contributed by atoms with Crippen LogP contribution in [0.25, 0.3) is 0 Å². The minimum Gasteiger partial charge on any atom is -0.462 e. The van der Waals surface area contributed by atoms with E-state index in [0.717, 1.165) is 52.4 Å². The van der Waals surface area contributed by atoms with Gasteiger partial charge in [-0.1, -0.05) is 87.5 Å². The molecule has 27 nitrogen and oxygen atoms in total. The maximum atomic E-state index is 12.7. The monoisotopic (exact) mass is 1610 g/mol. The van der Waals surface area contributed by atoms with E-state index in [1.807, 2.05) is 62.4 Å². The first kappa shape index (κ1) is 96.0. The average Bonchev–Trinajstić information content (AvgIpc) is 0.799. The number of nitrogens with zero attached hydrogens (tertiary/aromatic N) is 3. The molecule has 0 bridgehead atoms. The van der Waals surface area contributed by atoms with Crippen LogP contribution >= 0.6 is 0 Å². The molecule has 630 valence electrons. The van der Waals surface area contributed by atoms with E-state index in [9.17, 15) is 57.5 Å². The molecule has 0 radical (unpaired) electrons. The van der Waals surface area contributed by atoms with Crippen molar-refractivity contribution in [3.63, 3.8) is 0 Å². The lowest BCUT2D eigenvalue weighted by Crippen LogP contribution is -2.48. The summed E-state index contributed by atoms with van der Waals surface area (Å²) >= 11 is 0. The van der Waals surface area contributed by atoms with Crippen LogP contribution in [-0.4, -0.2) is 193 Å². The van der Waals surface area contributed by atoms with Crippen LogP contribution in [0.15, 0.2) is 133 Å². The summed E-state index contributed by atoms with van der Waals surface area (Å²) in [6, 6.07) is 35.6. The van der Waals surface area contributed by atoms with Crippen LogP contribution in [0.4, 0.5) is 14.4 Å². The molecule has 5 aliphatic heterocycles. The van der Waals surface area contributed by atoms with E-state index in [-0.39, 0.29) is 89.0 Å². The summed E-state index contributed by atoms with van der Waals surface area (Å²) in [5.74, 6) is -1.68. The van der Waals surface area contributed by atoms with Crippen molar-refractivity contribution in [2.45, 2.75) is 197 Å². The molecule has 4 fully saturated rings. The van der Waals surface area contributed by atoms with Crippen LogP contribution in [0.5, 0.6) is 0 Å². The van der Waals surface area contributed by atoms with Gasteiger partial charge in [0.1, 0.15) is 16.8 Å². The second-order valence-electron chi connectivity index (χ2n) is 31.2. The number of rotatable bonds is 15. The van der Waals surface area contributed by atoms with Crippen molar-refractivity contribution in [3.8, 4) is 0 Å². The zero-order valence-corrected chi connectivity index (χ0v) is 70.2. The molecule has 0 aromatic heterocycles. The van der Waals surface area contributed by atoms with E-state index in [1.54, 1.807) is 158 Å². The highest BCUT2D eigenvalue weighted by Gasteiger charge is 2.40. The fourth-order valence-electron chi connectivity index (χ4n) is 13.1. The van der Waals surface area contributed by atoms with Gasteiger partial charge in [-0.05, 0) is 266 Å². The molecule has 5 heterocycles. The molecule has 5 aromatic rings. The Kier molecular flexibility index (Phi) is 38.3. The molecule has 28 heteroatoms. The molecule has 10 rings (SSSR count). The lowest BCUT2D eigenvalue weighted by atomic mass is 9.80. The Hall–Kier alpha value is -10.6. The van der Waals surface area contributed by atoms with Gasteiger partial charge in [0.2, 0.25) is 17.7 Å². The number of hydrogen-bond acceptors (Lipinski definition) is 23. The van der Waals surface area contributed by atoms with Crippen LogP contribution in [0.2, 0.25) is 0 Å². The normalized spacial score (nSPS) is 19.1. The van der Waals surface area contributed by atoms with Gasteiger partial charge >= 0.3 is 55.2 Å². The number of benzene rings is 5. The number of carbonyl (C=O) groups excluding carboxylic acids is 12. The summed E-state index contributed by atoms with van der Waals surface area (Å²) in [5, 5.41) is 24.0. The largest absolute Gasteiger partial charge is 0.488 e. The van der Waals surface area contributed by atoms with E-state index < -0.39 is 48.2 Å². The van der Waals surface area contributed by atoms with Crippen molar-refractivity contribution in [2.24, 2.45) is 17.8 Å². The lowest BCUT2D eigenvalue weighted by molar-refractivity contribution is -0.137. The summed E-state index contributed by atoms with van der Waals surface area (Å²) in [6.07, 6.45) is 5.59. The van der Waals surface area contributed by atoms with Crippen molar-refractivity contribution in [2.75, 3.05) is 72.3 Å². The number of imide groups is 3. The fraction of sp³-hybridized carbons (Fsp3) is 0.500. The van der Waals surface area contributed by atoms with E-state index >= 15 is 0 Å². The third kappa shape index (κ3) is 30.9. The van der Waals surface area contributed by atoms with Crippen LogP contribution in [0, 0.1) is 17.8 Å². The van der Waals surface area contributed by atoms with Gasteiger partial charge in [-0.15, -0.1) is 0 Å². The maximum Gasteiger partial charge on any atom is 0.488 e. The molecule has 0 saturated carbocycles. The van der Waals surface area contributed by atoms with E-state index in [2.05, 4.69) is 23.6 Å². The van der Waals surface area contributed by atoms with Gasteiger partial charge in [-0.25, -0.2) is 53.1 Å². The van der Waals surface area contributed by atoms with Crippen molar-refractivity contribution in [3.05, 3.63) is 184 Å². The maximum absolute atomic E-state index is 12.7. The molecule has 0 spiro atoms. The quantitative estimate of drug-likeness (QED) is 0.0430. The number of nitrogens with one attached hydrogen (secondary N) is 2. The second-order valence-corrected chi connectivity index (χ2v) is 31.2. The van der Waals surface area contributed by atoms with Crippen molar-refractivity contribution in [1.29, 1.82) is 0 Å². The molecule has 7 atom stereocenters. The number of piperidine rings is 4. The van der Waals surface area contributed by atoms with Gasteiger partial charge in [-0.2, -0.15) is 0 Å². The number of carbonyl (C=O) groups is 12. The predicted molar refractivity (Wildman–Crippen MR) is 437 cm³/mol. The Morgan fingerprint density at radius 3 is 1.24 bits per heavy atom. The van der Waals surface area contributed by atoms with E-state index in [4.69, 9.17) is 47.9 Å². The topological polar surface area (TPSA) is 353 Å². The SMILES string of the molecule is CC(C)(C)OC(=O)N1CCC=CC1=O.CCOC(=O)c1cccc(B(O)O)c1.CCOC(=O)c1cccc([C@H]2CCN(C(=O)OC(C)(C)C)C(=O)C2)c1.CCOC(=O)c1cccc([C@H]2CCN(C(=O)OC(C)(C)C)C(=O)[C@@H]2C)c1.CCOC(=O)c1cccc([C@H]2CCNC(=O)[C@@H]2C)c1.CCOC(=O)c1cccc([C@H]2CCNC[C@@H]2C)c1. The molecule has 4 N–H and O–H groups in total. The third-order valence-electron chi connectivity index (χ3n) is 18.8. The Balaban J connectivity index is 0.000000252. The van der Waals surface area contributed by atoms with Crippen molar-refractivity contribution in [1.82, 2.24) is 25.3 Å². The van der Waals surface area contributed by atoms with Gasteiger partial charge in [0, 0.05) is 44.4 Å². The first-order valence-electron chi connectivity index (χ1n) is 39.7. The molecule has 0 aliphatic carbocycles. The molecule has 0 unspecified atom stereocenters. The minimum absolute atomic E-state index is 0.0273. The van der Waals surface area contributed by atoms with Crippen molar-refractivity contribution < 1.29 is 105 Å². The van der Waals surface area contributed by atoms with Crippen molar-refractivity contribution >= 4 is 84.3 Å². The third-order valence-corrected chi connectivity index (χ3v) is 18.8. The minimum atomic E-state index is -1.57. The lowest BCUT2D eigenvalue weighted by Gasteiger charge is -2.36. The zero-order valence-electron chi connectivity index (χ0n) is 70.2. The van der Waals surface area contributed by atoms with Gasteiger partial charge in [-0.3, -0.25) is 19.2 Å². The molecular weight excluding hydrogens is 1490 g/mol. The number of amides is 7. The highest BCUT2D eigenvalue weighted by Crippen LogP contribution is 2.37. The van der Waals surface area contributed by atoms with Crippen LogP contribution in [0.3, 0.4) is 0 Å². The first-order valence-corrected chi connectivity index (χ1v) is 39.7. The number of esters is 5. The molecule has 116 heavy (non-hydrogen) atoms. The zero-order chi connectivity index (χ0) is 86.2. The average molecular weight is 1610 g/mol. The molecule has 5 aliphatic rings. The highest BCUT2D eigenvalue weighted by molar-refractivity contribution is 6.58. The first-order chi connectivity index (χ1) is 54.7. The second kappa shape index (κ2) is 46.2. The summed E-state index contributed by atoms with van der Waals surface area (Å²) in [5.41, 5.74) is 5.02. The number of ether oxygens (including phenoxy) is 8. The van der Waals surface area contributed by atoms with Gasteiger partial charge in [0.05, 0.1) is 60.9 Å². The molecule has 7 amide bonds. The Labute approximate surface area is 682 Å². The van der Waals surface area contributed by atoms with Crippen LogP contribution in [0.1, 0.15) is 254 Å². The van der Waals surface area contributed by atoms with Gasteiger partial charge in [0.25, 0.3) is 5.91 Å². The highest BCUT2D eigenvalue weighted by atomic mass is 16.6. The van der Waals surface area contributed by atoms with Crippen LogP contribution in [-0.2, 0) is 57.1 Å². The summed E-state index contributed by atoms with van der Waals surface area (Å²) in [7, 11) is -1.57. The van der Waals surface area contributed by atoms with Gasteiger partial charge < -0.3 is 58.6 Å². The molecule has 4 saturated heterocycles. The fourth-order valence-corrected chi connectivity index (χ4v) is 13.1. The van der Waals surface area contributed by atoms with Crippen LogP contribution < -0.4 is 16.1 Å². The Morgan fingerprint density at radius 2 is 0.828 bits per heavy atom. The number of hydrogen-bond donors (Lipinski definition) is 4. The standard InChI is InChI=1S/C20H27NO5.C19H25NO5.C15H19NO3.C15H21NO2.C10H15NO3.C9H11BO4/c1-6-25-18(23)15-9-7-8-14(12-15)16-10-11-21(17(22)13(16)2)19(24)26-20(3,4)5;1-5-24-17(22)15-8-6-7-13(11-15)14-9-10-20(16(21)12-14)18(23)25-19(2,3)4;1-3-19-15(18)12-6-4-5-11(9-12)13-7-8-16-14(17)10(13)2;1-3-18-15(17)13-6-4-5-12(9-13)14-7-8-16-10-11(14)2;1-10(2,3)14-9(13)11-7-5-4-6-8(11)12;1-2-14-9(11)7-4-3-5-8(6-7)10(12)13/h7-9,12-13,16H,6,10-11H2,1-5H3;6-8,11,14H,5,9-10,12H2,1-4H3;4-6,9-10,13H,3,7-8H2,1-2H3,(H,16,17);4-6,9,11,14,16H,3,7-8,10H2,1-2H3;4,6H,5,7H2,1-3H3;3-6,12-13H,2H2,1H3/t13-,16+;14-;10-,13+;11-,14-;;/m1010../s1. The molecule has 5 aromatic carbocycles. The van der Waals surface area contributed by atoms with E-state index in [1.165, 1.54) is 28.7 Å². The predicted octanol–water partition coefficient (Wildman–Crippen LogP) is 13.2. The Bertz CT molecular complexity index is 4200. The summed E-state index contributed by atoms with van der Waals surface area (Å²) in [4.78, 5) is 146. The molecular formula is C88H118BN5O22. The number of likely N-dealkylation sites (tertiary alicyclic amines) is 2. The smallest absolute Gasteiger partial charge is 0.462 e. The van der Waals surface area contributed by atoms with E-state index in [0.29, 0.717) is 118 Å². The summed E-state index contributed by atoms with van der Waals surface area (Å²) < 4.78 is 40.5. The summed E-state index contributed by atoms with van der Waals surface area (Å²) in [6.45, 7) is 36.3. The Morgan fingerprint density at radius 1 is 0.448 bits per heavy atom.